The van der Waals surface area contributed by atoms with Gasteiger partial charge in [0.2, 0.25) is 0 Å². The Balaban J connectivity index is 1.70. The van der Waals surface area contributed by atoms with E-state index in [4.69, 9.17) is 4.74 Å². The van der Waals surface area contributed by atoms with Gasteiger partial charge in [-0.05, 0) is 23.4 Å². The van der Waals surface area contributed by atoms with Crippen LogP contribution in [0.5, 0.6) is 11.5 Å². The highest BCUT2D eigenvalue weighted by Gasteiger charge is 2.35. The van der Waals surface area contributed by atoms with Crippen molar-refractivity contribution in [2.24, 2.45) is 0 Å². The number of ether oxygens (including phenoxy) is 2. The van der Waals surface area contributed by atoms with Gasteiger partial charge in [0.25, 0.3) is 22.7 Å². The fourth-order valence-corrected chi connectivity index (χ4v) is 3.86. The first-order valence-electron chi connectivity index (χ1n) is 9.61. The smallest absolute Gasteiger partial charge is 0.387 e. The highest BCUT2D eigenvalue weighted by Crippen LogP contribution is 2.36. The van der Waals surface area contributed by atoms with Gasteiger partial charge in [0.1, 0.15) is 5.56 Å². The second-order valence-electron chi connectivity index (χ2n) is 6.66. The molecule has 1 heterocycles. The number of rotatable bonds is 9. The molecular weight excluding hydrogens is 476 g/mol. The molecule has 0 radical (unpaired) electrons. The molecule has 0 saturated carbocycles. The third-order valence-corrected chi connectivity index (χ3v) is 5.44. The van der Waals surface area contributed by atoms with Crippen LogP contribution in [0.15, 0.2) is 47.4 Å². The zero-order chi connectivity index (χ0) is 24.8. The van der Waals surface area contributed by atoms with Crippen molar-refractivity contribution in [1.29, 1.82) is 0 Å². The molecule has 3 rings (SSSR count). The summed E-state index contributed by atoms with van der Waals surface area (Å²) in [6.07, 6.45) is 1.57. The average Bonchev–Trinajstić information content (AvgIpc) is 3.06. The number of benzene rings is 2. The zero-order valence-electron chi connectivity index (χ0n) is 17.5. The summed E-state index contributed by atoms with van der Waals surface area (Å²) in [6.45, 7) is -3.65. The van der Waals surface area contributed by atoms with Crippen LogP contribution in [0.4, 0.5) is 19.3 Å². The molecule has 0 spiro atoms. The molecule has 0 bridgehead atoms. The fraction of sp³-hybridized carbons (Fsp3) is 0.190. The molecule has 0 aliphatic carbocycles. The van der Waals surface area contributed by atoms with E-state index in [9.17, 15) is 33.3 Å². The van der Waals surface area contributed by atoms with Crippen molar-refractivity contribution >= 4 is 40.6 Å². The maximum absolute atomic E-state index is 12.6. The summed E-state index contributed by atoms with van der Waals surface area (Å²) in [6, 6.07) is 10.5. The SMILES string of the molecule is COc1cc(C(=O)NCCN2C(=O)S/C(=C\c3ccccc3)C2=O)c([N+](=O)[O-])cc1OC(F)F. The molecule has 10 nitrogen and oxygen atoms in total. The van der Waals surface area contributed by atoms with Crippen LogP contribution in [0.25, 0.3) is 6.08 Å². The van der Waals surface area contributed by atoms with E-state index in [2.05, 4.69) is 10.1 Å². The number of imide groups is 1. The van der Waals surface area contributed by atoms with Gasteiger partial charge in [-0.1, -0.05) is 30.3 Å². The van der Waals surface area contributed by atoms with E-state index >= 15 is 0 Å². The number of halogens is 2. The van der Waals surface area contributed by atoms with Crippen LogP contribution >= 0.6 is 11.8 Å². The molecule has 1 N–H and O–H groups in total. The number of carbonyl (C=O) groups is 3. The third kappa shape index (κ3) is 5.67. The van der Waals surface area contributed by atoms with Gasteiger partial charge < -0.3 is 14.8 Å². The number of nitrogens with zero attached hydrogens (tertiary/aromatic N) is 2. The van der Waals surface area contributed by atoms with Crippen molar-refractivity contribution in [3.8, 4) is 11.5 Å². The summed E-state index contributed by atoms with van der Waals surface area (Å²) in [4.78, 5) is 48.9. The Kier molecular flexibility index (Phi) is 7.79. The number of alkyl halides is 2. The minimum atomic E-state index is -3.26. The van der Waals surface area contributed by atoms with Gasteiger partial charge >= 0.3 is 6.61 Å². The van der Waals surface area contributed by atoms with Gasteiger partial charge in [-0.15, -0.1) is 0 Å². The Morgan fingerprint density at radius 2 is 1.94 bits per heavy atom. The number of amides is 3. The Morgan fingerprint density at radius 3 is 2.56 bits per heavy atom. The molecular formula is C21H17F2N3O7S. The minimum absolute atomic E-state index is 0.181. The van der Waals surface area contributed by atoms with E-state index in [-0.39, 0.29) is 23.7 Å². The van der Waals surface area contributed by atoms with Crippen LogP contribution in [-0.2, 0) is 4.79 Å². The van der Waals surface area contributed by atoms with Crippen LogP contribution in [0.1, 0.15) is 15.9 Å². The summed E-state index contributed by atoms with van der Waals surface area (Å²) in [7, 11) is 1.12. The van der Waals surface area contributed by atoms with Crippen LogP contribution in [0, 0.1) is 10.1 Å². The van der Waals surface area contributed by atoms with Gasteiger partial charge in [0.05, 0.1) is 23.0 Å². The normalized spacial score (nSPS) is 14.6. The molecule has 2 aromatic carbocycles. The molecule has 1 aliphatic heterocycles. The van der Waals surface area contributed by atoms with Crippen molar-refractivity contribution in [2.75, 3.05) is 20.2 Å². The molecule has 2 aromatic rings. The van der Waals surface area contributed by atoms with Crippen molar-refractivity contribution in [2.45, 2.75) is 6.61 Å². The van der Waals surface area contributed by atoms with Gasteiger partial charge in [0.15, 0.2) is 11.5 Å². The largest absolute Gasteiger partial charge is 0.493 e. The third-order valence-electron chi connectivity index (χ3n) is 4.53. The molecule has 3 amide bonds. The molecule has 13 heteroatoms. The lowest BCUT2D eigenvalue weighted by Gasteiger charge is -2.14. The predicted molar refractivity (Wildman–Crippen MR) is 118 cm³/mol. The monoisotopic (exact) mass is 493 g/mol. The predicted octanol–water partition coefficient (Wildman–Crippen LogP) is 3.67. The lowest BCUT2D eigenvalue weighted by molar-refractivity contribution is -0.385. The van der Waals surface area contributed by atoms with E-state index in [0.717, 1.165) is 35.4 Å². The molecule has 0 aromatic heterocycles. The number of nitro benzene ring substituents is 1. The lowest BCUT2D eigenvalue weighted by atomic mass is 10.1. The van der Waals surface area contributed by atoms with E-state index in [1.807, 2.05) is 6.07 Å². The van der Waals surface area contributed by atoms with E-state index < -0.39 is 45.6 Å². The van der Waals surface area contributed by atoms with Gasteiger partial charge in [-0.3, -0.25) is 29.4 Å². The second-order valence-corrected chi connectivity index (χ2v) is 7.65. The number of nitrogens with one attached hydrogen (secondary N) is 1. The fourth-order valence-electron chi connectivity index (χ4n) is 3.00. The summed E-state index contributed by atoms with van der Waals surface area (Å²) in [5.74, 6) is -2.38. The van der Waals surface area contributed by atoms with Crippen molar-refractivity contribution in [3.63, 3.8) is 0 Å². The maximum atomic E-state index is 12.6. The van der Waals surface area contributed by atoms with E-state index in [1.165, 1.54) is 0 Å². The van der Waals surface area contributed by atoms with Crippen LogP contribution in [0.3, 0.4) is 0 Å². The molecule has 178 valence electrons. The molecule has 0 atom stereocenters. The van der Waals surface area contributed by atoms with Gasteiger partial charge in [-0.25, -0.2) is 0 Å². The van der Waals surface area contributed by atoms with E-state index in [0.29, 0.717) is 6.07 Å². The van der Waals surface area contributed by atoms with Crippen molar-refractivity contribution in [1.82, 2.24) is 10.2 Å². The van der Waals surface area contributed by atoms with Gasteiger partial charge in [0, 0.05) is 19.2 Å². The summed E-state index contributed by atoms with van der Waals surface area (Å²) in [5, 5.41) is 13.2. The molecule has 1 aliphatic rings. The first-order valence-corrected chi connectivity index (χ1v) is 10.4. The van der Waals surface area contributed by atoms with Gasteiger partial charge in [-0.2, -0.15) is 8.78 Å². The van der Waals surface area contributed by atoms with Crippen molar-refractivity contribution in [3.05, 3.63) is 68.6 Å². The second kappa shape index (κ2) is 10.7. The number of carbonyl (C=O) groups excluding carboxylic acids is 3. The summed E-state index contributed by atoms with van der Waals surface area (Å²) < 4.78 is 34.2. The number of hydrogen-bond donors (Lipinski definition) is 1. The zero-order valence-corrected chi connectivity index (χ0v) is 18.3. The highest BCUT2D eigenvalue weighted by atomic mass is 32.2. The number of methoxy groups -OCH3 is 1. The Bertz CT molecular complexity index is 1160. The number of nitro groups is 1. The van der Waals surface area contributed by atoms with Crippen molar-refractivity contribution < 1.29 is 37.6 Å². The van der Waals surface area contributed by atoms with E-state index in [1.54, 1.807) is 30.3 Å². The summed E-state index contributed by atoms with van der Waals surface area (Å²) >= 11 is 0.754. The molecule has 1 saturated heterocycles. The lowest BCUT2D eigenvalue weighted by Crippen LogP contribution is -2.37. The molecule has 34 heavy (non-hydrogen) atoms. The minimum Gasteiger partial charge on any atom is -0.493 e. The Morgan fingerprint density at radius 1 is 1.24 bits per heavy atom. The first-order chi connectivity index (χ1) is 16.2. The highest BCUT2D eigenvalue weighted by molar-refractivity contribution is 8.18. The topological polar surface area (TPSA) is 128 Å². The Hall–Kier alpha value is -4.00. The number of hydrogen-bond acceptors (Lipinski definition) is 8. The van der Waals surface area contributed by atoms with Crippen LogP contribution < -0.4 is 14.8 Å². The van der Waals surface area contributed by atoms with Crippen LogP contribution in [-0.4, -0.2) is 53.7 Å². The standard InChI is InChI=1S/C21H17F2N3O7S/c1-32-15-10-13(14(26(30)31)11-16(15)33-20(22)23)18(27)24-7-8-25-19(28)17(34-21(25)29)9-12-5-3-2-4-6-12/h2-6,9-11,20H,7-8H2,1H3,(H,24,27)/b17-9-. The number of thioether (sulfide) groups is 1. The molecule has 0 unspecified atom stereocenters. The Labute approximate surface area is 195 Å². The quantitative estimate of drug-likeness (QED) is 0.318. The average molecular weight is 493 g/mol. The van der Waals surface area contributed by atoms with Crippen LogP contribution in [0.2, 0.25) is 0 Å². The first kappa shape index (κ1) is 24.6. The molecule has 1 fully saturated rings. The summed E-state index contributed by atoms with van der Waals surface area (Å²) in [5.41, 5.74) is -0.519. The maximum Gasteiger partial charge on any atom is 0.387 e.